The fourth-order valence-corrected chi connectivity index (χ4v) is 1.92. The monoisotopic (exact) mass is 174 g/mol. The standard InChI is InChI=1S/C12H14O/c1-9-10-5-3-4-6-11(8-7-10)12(9)13-2/h3-8,10-11H,1-2H3/b5-3?,6-4+/t10-,11+/m1/s1. The summed E-state index contributed by atoms with van der Waals surface area (Å²) in [5, 5.41) is 0. The number of rotatable bonds is 1. The summed E-state index contributed by atoms with van der Waals surface area (Å²) >= 11 is 0. The zero-order valence-corrected chi connectivity index (χ0v) is 8.03. The summed E-state index contributed by atoms with van der Waals surface area (Å²) in [5.74, 6) is 1.87. The van der Waals surface area contributed by atoms with Crippen LogP contribution in [0.2, 0.25) is 0 Å². The van der Waals surface area contributed by atoms with Gasteiger partial charge in [-0.3, -0.25) is 0 Å². The number of hydrogen-bond acceptors (Lipinski definition) is 1. The molecule has 0 unspecified atom stereocenters. The van der Waals surface area contributed by atoms with Gasteiger partial charge in [0.2, 0.25) is 0 Å². The first kappa shape index (κ1) is 8.36. The van der Waals surface area contributed by atoms with Crippen molar-refractivity contribution in [2.24, 2.45) is 11.8 Å². The Morgan fingerprint density at radius 1 is 1.00 bits per heavy atom. The lowest BCUT2D eigenvalue weighted by Crippen LogP contribution is -2.13. The molecule has 2 bridgehead atoms. The fraction of sp³-hybridized carbons (Fsp3) is 0.333. The molecule has 0 saturated carbocycles. The van der Waals surface area contributed by atoms with E-state index < -0.39 is 0 Å². The van der Waals surface area contributed by atoms with Gasteiger partial charge in [0.25, 0.3) is 0 Å². The minimum atomic E-state index is 0.339. The van der Waals surface area contributed by atoms with Crippen molar-refractivity contribution in [3.05, 3.63) is 47.8 Å². The van der Waals surface area contributed by atoms with Crippen LogP contribution >= 0.6 is 0 Å². The molecule has 0 N–H and O–H groups in total. The molecule has 0 heterocycles. The van der Waals surface area contributed by atoms with E-state index in [1.165, 1.54) is 5.57 Å². The van der Waals surface area contributed by atoms with Gasteiger partial charge in [0.1, 0.15) is 5.76 Å². The number of ether oxygens (including phenoxy) is 1. The van der Waals surface area contributed by atoms with Gasteiger partial charge in [0.05, 0.1) is 13.0 Å². The molecule has 2 atom stereocenters. The van der Waals surface area contributed by atoms with Crippen LogP contribution in [0.15, 0.2) is 47.8 Å². The lowest BCUT2D eigenvalue weighted by Gasteiger charge is -2.25. The summed E-state index contributed by atoms with van der Waals surface area (Å²) in [7, 11) is 1.75. The quantitative estimate of drug-likeness (QED) is 0.555. The summed E-state index contributed by atoms with van der Waals surface area (Å²) in [6.07, 6.45) is 13.0. The second kappa shape index (κ2) is 3.25. The highest BCUT2D eigenvalue weighted by atomic mass is 16.5. The van der Waals surface area contributed by atoms with E-state index in [-0.39, 0.29) is 0 Å². The normalized spacial score (nSPS) is 33.1. The van der Waals surface area contributed by atoms with Gasteiger partial charge in [-0.1, -0.05) is 36.5 Å². The topological polar surface area (TPSA) is 9.23 Å². The van der Waals surface area contributed by atoms with Crippen molar-refractivity contribution in [1.82, 2.24) is 0 Å². The second-order valence-corrected chi connectivity index (χ2v) is 3.46. The van der Waals surface area contributed by atoms with Crippen molar-refractivity contribution >= 4 is 0 Å². The van der Waals surface area contributed by atoms with Crippen LogP contribution in [-0.4, -0.2) is 7.11 Å². The first-order valence-electron chi connectivity index (χ1n) is 4.61. The molecule has 0 amide bonds. The zero-order chi connectivity index (χ0) is 9.26. The van der Waals surface area contributed by atoms with E-state index in [1.807, 2.05) is 0 Å². The molecule has 0 aromatic carbocycles. The molecule has 68 valence electrons. The molecular formula is C12H14O. The molecule has 0 saturated heterocycles. The van der Waals surface area contributed by atoms with E-state index >= 15 is 0 Å². The minimum absolute atomic E-state index is 0.339. The van der Waals surface area contributed by atoms with Crippen LogP contribution in [0.4, 0.5) is 0 Å². The van der Waals surface area contributed by atoms with Crippen LogP contribution in [0, 0.1) is 11.8 Å². The molecular weight excluding hydrogens is 160 g/mol. The third kappa shape index (κ3) is 1.35. The van der Waals surface area contributed by atoms with E-state index in [9.17, 15) is 0 Å². The Labute approximate surface area is 79.1 Å². The van der Waals surface area contributed by atoms with Crippen molar-refractivity contribution in [2.45, 2.75) is 6.92 Å². The van der Waals surface area contributed by atoms with E-state index in [0.717, 1.165) is 5.76 Å². The lowest BCUT2D eigenvalue weighted by atomic mass is 9.85. The third-order valence-corrected chi connectivity index (χ3v) is 2.69. The molecule has 3 rings (SSSR count). The van der Waals surface area contributed by atoms with Crippen molar-refractivity contribution in [3.63, 3.8) is 0 Å². The highest BCUT2D eigenvalue weighted by molar-refractivity contribution is 5.36. The molecule has 13 heavy (non-hydrogen) atoms. The SMILES string of the molecule is COC1=C(C)[C@@H]2C=C/C=C/[C@H]1C=C2. The van der Waals surface area contributed by atoms with Gasteiger partial charge in [-0.05, 0) is 12.5 Å². The highest BCUT2D eigenvalue weighted by Crippen LogP contribution is 2.32. The zero-order valence-electron chi connectivity index (χ0n) is 8.03. The maximum atomic E-state index is 5.42. The molecule has 0 radical (unpaired) electrons. The van der Waals surface area contributed by atoms with Crippen LogP contribution in [0.5, 0.6) is 0 Å². The predicted octanol–water partition coefficient (Wildman–Crippen LogP) is 2.84. The highest BCUT2D eigenvalue weighted by Gasteiger charge is 2.21. The van der Waals surface area contributed by atoms with Crippen LogP contribution in [0.25, 0.3) is 0 Å². The maximum absolute atomic E-state index is 5.42. The number of hydrogen-bond donors (Lipinski definition) is 0. The van der Waals surface area contributed by atoms with Gasteiger partial charge in [0, 0.05) is 5.92 Å². The van der Waals surface area contributed by atoms with Gasteiger partial charge < -0.3 is 4.74 Å². The Kier molecular flexibility index (Phi) is 2.09. The third-order valence-electron chi connectivity index (χ3n) is 2.69. The number of allylic oxidation sites excluding steroid dienone is 6. The molecule has 3 aliphatic rings. The van der Waals surface area contributed by atoms with Gasteiger partial charge in [0.15, 0.2) is 0 Å². The van der Waals surface area contributed by atoms with Crippen LogP contribution in [-0.2, 0) is 4.74 Å². The second-order valence-electron chi connectivity index (χ2n) is 3.46. The largest absolute Gasteiger partial charge is 0.500 e. The Balaban J connectivity index is 2.47. The molecule has 3 aliphatic carbocycles. The minimum Gasteiger partial charge on any atom is -0.500 e. The Morgan fingerprint density at radius 3 is 2.31 bits per heavy atom. The Morgan fingerprint density at radius 2 is 1.62 bits per heavy atom. The van der Waals surface area contributed by atoms with Crippen LogP contribution < -0.4 is 0 Å². The summed E-state index contributed by atoms with van der Waals surface area (Å²) in [6, 6.07) is 0. The Hall–Kier alpha value is -1.24. The van der Waals surface area contributed by atoms with Crippen molar-refractivity contribution < 1.29 is 4.74 Å². The van der Waals surface area contributed by atoms with E-state index in [2.05, 4.69) is 43.4 Å². The van der Waals surface area contributed by atoms with Crippen LogP contribution in [0.1, 0.15) is 6.92 Å². The summed E-state index contributed by atoms with van der Waals surface area (Å²) in [4.78, 5) is 0. The summed E-state index contributed by atoms with van der Waals surface area (Å²) in [6.45, 7) is 2.14. The van der Waals surface area contributed by atoms with Crippen LogP contribution in [0.3, 0.4) is 0 Å². The lowest BCUT2D eigenvalue weighted by molar-refractivity contribution is 0.258. The van der Waals surface area contributed by atoms with Crippen molar-refractivity contribution in [1.29, 1.82) is 0 Å². The molecule has 0 spiro atoms. The summed E-state index contributed by atoms with van der Waals surface area (Å²) in [5.41, 5.74) is 1.33. The van der Waals surface area contributed by atoms with Crippen molar-refractivity contribution in [3.8, 4) is 0 Å². The summed E-state index contributed by atoms with van der Waals surface area (Å²) < 4.78 is 5.42. The van der Waals surface area contributed by atoms with Crippen molar-refractivity contribution in [2.75, 3.05) is 7.11 Å². The molecule has 0 aromatic rings. The maximum Gasteiger partial charge on any atom is 0.106 e. The molecule has 0 aromatic heterocycles. The first-order valence-corrected chi connectivity index (χ1v) is 4.61. The average molecular weight is 174 g/mol. The van der Waals surface area contributed by atoms with E-state index in [1.54, 1.807) is 7.11 Å². The van der Waals surface area contributed by atoms with Gasteiger partial charge in [-0.15, -0.1) is 0 Å². The number of fused-ring (bicyclic) bond motifs is 1. The Bertz CT molecular complexity index is 318. The molecule has 1 heteroatoms. The average Bonchev–Trinajstić information content (AvgIpc) is 2.08. The smallest absolute Gasteiger partial charge is 0.106 e. The van der Waals surface area contributed by atoms with E-state index in [4.69, 9.17) is 4.74 Å². The number of methoxy groups -OCH3 is 1. The molecule has 1 nitrogen and oxygen atoms in total. The fourth-order valence-electron chi connectivity index (χ4n) is 1.92. The predicted molar refractivity (Wildman–Crippen MR) is 54.1 cm³/mol. The van der Waals surface area contributed by atoms with Gasteiger partial charge in [-0.25, -0.2) is 0 Å². The molecule has 0 fully saturated rings. The van der Waals surface area contributed by atoms with E-state index in [0.29, 0.717) is 11.8 Å². The first-order chi connectivity index (χ1) is 6.33. The van der Waals surface area contributed by atoms with Gasteiger partial charge >= 0.3 is 0 Å². The van der Waals surface area contributed by atoms with Gasteiger partial charge in [-0.2, -0.15) is 0 Å². The molecule has 0 aliphatic heterocycles.